The maximum Gasteiger partial charge on any atom is 0.221 e. The summed E-state index contributed by atoms with van der Waals surface area (Å²) < 4.78 is 0. The van der Waals surface area contributed by atoms with Crippen molar-refractivity contribution in [3.05, 3.63) is 0 Å². The molecule has 2 heterocycles. The first-order chi connectivity index (χ1) is 9.10. The van der Waals surface area contributed by atoms with E-state index >= 15 is 0 Å². The molecule has 2 aliphatic rings. The van der Waals surface area contributed by atoms with E-state index in [2.05, 4.69) is 15.5 Å². The van der Waals surface area contributed by atoms with Crippen LogP contribution < -0.4 is 10.6 Å². The van der Waals surface area contributed by atoms with Crippen molar-refractivity contribution in [2.24, 2.45) is 5.41 Å². The summed E-state index contributed by atoms with van der Waals surface area (Å²) in [5, 5.41) is 6.53. The zero-order valence-corrected chi connectivity index (χ0v) is 12.5. The number of amides is 1. The number of nitrogens with zero attached hydrogens (tertiary/aromatic N) is 1. The average molecular weight is 267 g/mol. The fourth-order valence-electron chi connectivity index (χ4n) is 3.53. The molecule has 2 aliphatic heterocycles. The summed E-state index contributed by atoms with van der Waals surface area (Å²) >= 11 is 0. The van der Waals surface area contributed by atoms with Gasteiger partial charge in [0.05, 0.1) is 0 Å². The number of likely N-dealkylation sites (tertiary alicyclic amines) is 1. The van der Waals surface area contributed by atoms with Gasteiger partial charge in [0, 0.05) is 32.1 Å². The lowest BCUT2D eigenvalue weighted by Gasteiger charge is -2.45. The third kappa shape index (κ3) is 4.46. The molecule has 2 saturated heterocycles. The molecule has 4 heteroatoms. The van der Waals surface area contributed by atoms with E-state index in [0.29, 0.717) is 11.8 Å². The van der Waals surface area contributed by atoms with Crippen LogP contribution in [0.2, 0.25) is 0 Å². The molecule has 1 atom stereocenters. The highest BCUT2D eigenvalue weighted by Gasteiger charge is 2.36. The summed E-state index contributed by atoms with van der Waals surface area (Å²) in [4.78, 5) is 14.2. The van der Waals surface area contributed by atoms with Gasteiger partial charge in [-0.1, -0.05) is 0 Å². The molecule has 19 heavy (non-hydrogen) atoms. The predicted octanol–water partition coefficient (Wildman–Crippen LogP) is 1.37. The monoisotopic (exact) mass is 267 g/mol. The number of hydrogen-bond acceptors (Lipinski definition) is 3. The molecule has 0 aromatic carbocycles. The maximum atomic E-state index is 11.7. The van der Waals surface area contributed by atoms with Crippen molar-refractivity contribution in [1.29, 1.82) is 0 Å². The Morgan fingerprint density at radius 1 is 1.37 bits per heavy atom. The first-order valence-electron chi connectivity index (χ1n) is 7.82. The first-order valence-corrected chi connectivity index (χ1v) is 7.82. The molecule has 0 aromatic heterocycles. The first kappa shape index (κ1) is 14.8. The van der Waals surface area contributed by atoms with E-state index in [-0.39, 0.29) is 11.9 Å². The fraction of sp³-hybridized carbons (Fsp3) is 0.933. The number of carbonyl (C=O) groups is 1. The summed E-state index contributed by atoms with van der Waals surface area (Å²) in [7, 11) is 0. The van der Waals surface area contributed by atoms with Gasteiger partial charge in [-0.25, -0.2) is 0 Å². The number of piperidine rings is 2. The van der Waals surface area contributed by atoms with Crippen LogP contribution in [0.1, 0.15) is 46.0 Å². The minimum absolute atomic E-state index is 0.191. The van der Waals surface area contributed by atoms with Gasteiger partial charge in [0.15, 0.2) is 0 Å². The van der Waals surface area contributed by atoms with E-state index in [9.17, 15) is 4.79 Å². The van der Waals surface area contributed by atoms with Crippen LogP contribution in [0.3, 0.4) is 0 Å². The third-order valence-corrected chi connectivity index (χ3v) is 4.41. The van der Waals surface area contributed by atoms with Gasteiger partial charge in [-0.05, 0) is 58.0 Å². The maximum absolute atomic E-state index is 11.7. The molecule has 2 rings (SSSR count). The minimum atomic E-state index is 0.191. The van der Waals surface area contributed by atoms with E-state index in [1.54, 1.807) is 0 Å². The van der Waals surface area contributed by atoms with Gasteiger partial charge in [0.1, 0.15) is 0 Å². The zero-order chi connectivity index (χ0) is 13.7. The number of carbonyl (C=O) groups excluding carboxylic acids is 1. The van der Waals surface area contributed by atoms with Gasteiger partial charge in [0.2, 0.25) is 5.91 Å². The Balaban J connectivity index is 1.76. The highest BCUT2D eigenvalue weighted by atomic mass is 16.1. The zero-order valence-electron chi connectivity index (χ0n) is 12.5. The summed E-state index contributed by atoms with van der Waals surface area (Å²) in [6.45, 7) is 9.63. The molecule has 1 amide bonds. The Labute approximate surface area is 117 Å². The van der Waals surface area contributed by atoms with Crippen LogP contribution in [-0.4, -0.2) is 49.6 Å². The van der Waals surface area contributed by atoms with E-state index in [1.807, 2.05) is 13.8 Å². The van der Waals surface area contributed by atoms with Crippen LogP contribution in [-0.2, 0) is 4.79 Å². The SMILES string of the molecule is CC(C)NC(=O)CCN1CCCC2(CCCNC2)C1. The molecule has 2 fully saturated rings. The van der Waals surface area contributed by atoms with Crippen molar-refractivity contribution in [2.45, 2.75) is 52.0 Å². The van der Waals surface area contributed by atoms with Crippen molar-refractivity contribution in [3.63, 3.8) is 0 Å². The molecule has 0 aromatic rings. The van der Waals surface area contributed by atoms with E-state index in [4.69, 9.17) is 0 Å². The molecule has 110 valence electrons. The smallest absolute Gasteiger partial charge is 0.221 e. The summed E-state index contributed by atoms with van der Waals surface area (Å²) in [6.07, 6.45) is 5.94. The fourth-order valence-corrected chi connectivity index (χ4v) is 3.53. The average Bonchev–Trinajstić information content (AvgIpc) is 2.37. The lowest BCUT2D eigenvalue weighted by Crippen LogP contribution is -2.51. The highest BCUT2D eigenvalue weighted by Crippen LogP contribution is 2.35. The predicted molar refractivity (Wildman–Crippen MR) is 78.1 cm³/mol. The summed E-state index contributed by atoms with van der Waals surface area (Å²) in [6, 6.07) is 0.253. The molecule has 1 unspecified atom stereocenters. The number of rotatable bonds is 4. The number of nitrogens with one attached hydrogen (secondary N) is 2. The van der Waals surface area contributed by atoms with E-state index < -0.39 is 0 Å². The van der Waals surface area contributed by atoms with Crippen LogP contribution in [0.5, 0.6) is 0 Å². The Morgan fingerprint density at radius 3 is 2.84 bits per heavy atom. The molecule has 1 spiro atoms. The standard InChI is InChI=1S/C15H29N3O/c1-13(2)17-14(19)5-10-18-9-4-7-15(12-18)6-3-8-16-11-15/h13,16H,3-12H2,1-2H3,(H,17,19). The van der Waals surface area contributed by atoms with Crippen LogP contribution in [0.15, 0.2) is 0 Å². The molecular formula is C15H29N3O. The topological polar surface area (TPSA) is 44.4 Å². The largest absolute Gasteiger partial charge is 0.354 e. The van der Waals surface area contributed by atoms with Crippen molar-refractivity contribution < 1.29 is 4.79 Å². The lowest BCUT2D eigenvalue weighted by molar-refractivity contribution is -0.122. The molecule has 4 nitrogen and oxygen atoms in total. The molecule has 2 N–H and O–H groups in total. The van der Waals surface area contributed by atoms with Gasteiger partial charge in [0.25, 0.3) is 0 Å². The van der Waals surface area contributed by atoms with E-state index in [1.165, 1.54) is 45.3 Å². The van der Waals surface area contributed by atoms with Crippen molar-refractivity contribution >= 4 is 5.91 Å². The van der Waals surface area contributed by atoms with Crippen molar-refractivity contribution in [2.75, 3.05) is 32.7 Å². The van der Waals surface area contributed by atoms with Gasteiger partial charge < -0.3 is 15.5 Å². The normalized spacial score (nSPS) is 28.8. The Bertz CT molecular complexity index is 292. The summed E-state index contributed by atoms with van der Waals surface area (Å²) in [5.41, 5.74) is 0.491. The van der Waals surface area contributed by atoms with Gasteiger partial charge in [-0.15, -0.1) is 0 Å². The Kier molecular flexibility index (Phi) is 5.22. The lowest BCUT2D eigenvalue weighted by atomic mass is 9.74. The third-order valence-electron chi connectivity index (χ3n) is 4.41. The molecular weight excluding hydrogens is 238 g/mol. The van der Waals surface area contributed by atoms with Crippen LogP contribution in [0.4, 0.5) is 0 Å². The minimum Gasteiger partial charge on any atom is -0.354 e. The van der Waals surface area contributed by atoms with Crippen molar-refractivity contribution in [3.8, 4) is 0 Å². The molecule has 0 saturated carbocycles. The highest BCUT2D eigenvalue weighted by molar-refractivity contribution is 5.76. The quantitative estimate of drug-likeness (QED) is 0.808. The second kappa shape index (κ2) is 6.71. The molecule has 0 bridgehead atoms. The van der Waals surface area contributed by atoms with Crippen LogP contribution in [0.25, 0.3) is 0 Å². The Hall–Kier alpha value is -0.610. The van der Waals surface area contributed by atoms with E-state index in [0.717, 1.165) is 13.1 Å². The molecule has 0 aliphatic carbocycles. The van der Waals surface area contributed by atoms with Gasteiger partial charge in [-0.3, -0.25) is 4.79 Å². The van der Waals surface area contributed by atoms with Crippen LogP contribution >= 0.6 is 0 Å². The molecule has 0 radical (unpaired) electrons. The van der Waals surface area contributed by atoms with Crippen LogP contribution in [0, 0.1) is 5.41 Å². The van der Waals surface area contributed by atoms with Gasteiger partial charge in [-0.2, -0.15) is 0 Å². The van der Waals surface area contributed by atoms with Gasteiger partial charge >= 0.3 is 0 Å². The second-order valence-electron chi connectivity index (χ2n) is 6.63. The number of hydrogen-bond donors (Lipinski definition) is 2. The van der Waals surface area contributed by atoms with Crippen molar-refractivity contribution in [1.82, 2.24) is 15.5 Å². The second-order valence-corrected chi connectivity index (χ2v) is 6.63. The summed E-state index contributed by atoms with van der Waals surface area (Å²) in [5.74, 6) is 0.191. The Morgan fingerprint density at radius 2 is 2.16 bits per heavy atom.